The van der Waals surface area contributed by atoms with Crippen LogP contribution in [-0.2, 0) is 10.5 Å². The molecule has 0 saturated carbocycles. The summed E-state index contributed by atoms with van der Waals surface area (Å²) in [5.74, 6) is -0.883. The van der Waals surface area contributed by atoms with Crippen molar-refractivity contribution in [2.24, 2.45) is 0 Å². The van der Waals surface area contributed by atoms with Crippen molar-refractivity contribution >= 4 is 40.9 Å². The molecule has 0 radical (unpaired) electrons. The van der Waals surface area contributed by atoms with E-state index in [-0.39, 0.29) is 17.4 Å². The largest absolute Gasteiger partial charge is 0.368 e. The highest BCUT2D eigenvalue weighted by Crippen LogP contribution is 2.18. The molecule has 3 aromatic rings. The minimum atomic E-state index is -0.833. The fourth-order valence-electron chi connectivity index (χ4n) is 2.34. The predicted octanol–water partition coefficient (Wildman–Crippen LogP) is 3.66. The molecule has 0 aliphatic rings. The molecule has 2 aromatic carbocycles. The van der Waals surface area contributed by atoms with Gasteiger partial charge >= 0.3 is 0 Å². The number of nitrogens with zero attached hydrogens (tertiary/aromatic N) is 3. The Bertz CT molecular complexity index is 1020. The van der Waals surface area contributed by atoms with E-state index in [1.54, 1.807) is 0 Å². The van der Waals surface area contributed by atoms with E-state index in [0.29, 0.717) is 23.6 Å². The van der Waals surface area contributed by atoms with Crippen molar-refractivity contribution in [3.63, 3.8) is 0 Å². The zero-order valence-electron chi connectivity index (χ0n) is 15.4. The molecule has 3 rings (SSSR count). The van der Waals surface area contributed by atoms with Crippen molar-refractivity contribution < 1.29 is 13.6 Å². The van der Waals surface area contributed by atoms with E-state index in [1.165, 1.54) is 17.8 Å². The third-order valence-corrected chi connectivity index (χ3v) is 4.60. The average Bonchev–Trinajstić information content (AvgIpc) is 2.65. The number of aromatic nitrogens is 3. The van der Waals surface area contributed by atoms with Crippen molar-refractivity contribution in [3.8, 4) is 0 Å². The van der Waals surface area contributed by atoms with Gasteiger partial charge in [0.05, 0.1) is 17.2 Å². The van der Waals surface area contributed by atoms with E-state index in [4.69, 9.17) is 5.73 Å². The molecule has 0 unspecified atom stereocenters. The maximum absolute atomic E-state index is 13.6. The Morgan fingerprint density at radius 2 is 1.86 bits per heavy atom. The number of carbonyl (C=O) groups is 1. The Morgan fingerprint density at radius 1 is 1.10 bits per heavy atom. The van der Waals surface area contributed by atoms with Gasteiger partial charge in [-0.15, -0.1) is 11.8 Å². The molecule has 1 heterocycles. The zero-order chi connectivity index (χ0) is 20.8. The first-order chi connectivity index (χ1) is 13.9. The summed E-state index contributed by atoms with van der Waals surface area (Å²) >= 11 is 1.22. The second-order valence-corrected chi connectivity index (χ2v) is 7.08. The van der Waals surface area contributed by atoms with Crippen LogP contribution in [0.5, 0.6) is 0 Å². The molecule has 0 aliphatic carbocycles. The van der Waals surface area contributed by atoms with E-state index in [9.17, 15) is 13.6 Å². The Balaban J connectivity index is 1.55. The second kappa shape index (κ2) is 9.28. The van der Waals surface area contributed by atoms with Crippen molar-refractivity contribution in [2.45, 2.75) is 12.7 Å². The van der Waals surface area contributed by atoms with Crippen LogP contribution in [0.15, 0.2) is 42.5 Å². The number of nitrogens with one attached hydrogen (secondary N) is 2. The summed E-state index contributed by atoms with van der Waals surface area (Å²) in [6.45, 7) is 1.99. The number of nitrogen functional groups attached to an aromatic ring is 1. The molecule has 29 heavy (non-hydrogen) atoms. The van der Waals surface area contributed by atoms with E-state index >= 15 is 0 Å². The second-order valence-electron chi connectivity index (χ2n) is 6.09. The summed E-state index contributed by atoms with van der Waals surface area (Å²) in [6, 6.07) is 10.6. The molecule has 1 amide bonds. The number of carbonyl (C=O) groups excluding carboxylic acids is 1. The van der Waals surface area contributed by atoms with E-state index < -0.39 is 17.5 Å². The lowest BCUT2D eigenvalue weighted by Gasteiger charge is -2.08. The number of aryl methyl sites for hydroxylation is 1. The highest BCUT2D eigenvalue weighted by atomic mass is 32.2. The summed E-state index contributed by atoms with van der Waals surface area (Å²) in [6.07, 6.45) is 0. The minimum absolute atomic E-state index is 0.0309. The lowest BCUT2D eigenvalue weighted by atomic mass is 10.2. The maximum Gasteiger partial charge on any atom is 0.234 e. The number of rotatable bonds is 7. The van der Waals surface area contributed by atoms with Gasteiger partial charge in [0, 0.05) is 11.8 Å². The van der Waals surface area contributed by atoms with Crippen LogP contribution in [0.4, 0.5) is 32.1 Å². The van der Waals surface area contributed by atoms with Crippen LogP contribution in [0.25, 0.3) is 0 Å². The number of hydrogen-bond acceptors (Lipinski definition) is 7. The molecule has 0 aliphatic heterocycles. The van der Waals surface area contributed by atoms with E-state index in [2.05, 4.69) is 25.6 Å². The molecule has 0 spiro atoms. The molecular weight excluding hydrogens is 398 g/mol. The summed E-state index contributed by atoms with van der Waals surface area (Å²) in [5.41, 5.74) is 7.59. The number of hydrogen-bond donors (Lipinski definition) is 3. The number of anilines is 4. The molecule has 0 saturated heterocycles. The monoisotopic (exact) mass is 416 g/mol. The minimum Gasteiger partial charge on any atom is -0.368 e. The van der Waals surface area contributed by atoms with Crippen LogP contribution in [0.2, 0.25) is 0 Å². The van der Waals surface area contributed by atoms with Crippen LogP contribution in [0.1, 0.15) is 11.4 Å². The lowest BCUT2D eigenvalue weighted by molar-refractivity contribution is -0.113. The molecule has 0 atom stereocenters. The smallest absolute Gasteiger partial charge is 0.234 e. The van der Waals surface area contributed by atoms with Gasteiger partial charge in [0.15, 0.2) is 0 Å². The van der Waals surface area contributed by atoms with Gasteiger partial charge < -0.3 is 16.4 Å². The topological polar surface area (TPSA) is 106 Å². The Morgan fingerprint density at radius 3 is 2.59 bits per heavy atom. The Hall–Kier alpha value is -3.27. The highest BCUT2D eigenvalue weighted by Gasteiger charge is 2.10. The van der Waals surface area contributed by atoms with Crippen LogP contribution >= 0.6 is 11.8 Å². The molecule has 0 bridgehead atoms. The van der Waals surface area contributed by atoms with Gasteiger partial charge in [0.2, 0.25) is 17.8 Å². The van der Waals surface area contributed by atoms with E-state index in [1.807, 2.05) is 31.2 Å². The van der Waals surface area contributed by atoms with Gasteiger partial charge in [0.25, 0.3) is 0 Å². The van der Waals surface area contributed by atoms with Gasteiger partial charge in [-0.25, -0.2) is 8.78 Å². The molecule has 1 aromatic heterocycles. The maximum atomic E-state index is 13.6. The van der Waals surface area contributed by atoms with Crippen LogP contribution < -0.4 is 16.4 Å². The summed E-state index contributed by atoms with van der Waals surface area (Å²) in [4.78, 5) is 24.4. The number of nitrogens with two attached hydrogens (primary N) is 1. The quantitative estimate of drug-likeness (QED) is 0.540. The first-order valence-corrected chi connectivity index (χ1v) is 9.71. The van der Waals surface area contributed by atoms with Gasteiger partial charge in [-0.05, 0) is 31.2 Å². The van der Waals surface area contributed by atoms with Crippen molar-refractivity contribution in [1.29, 1.82) is 0 Å². The first-order valence-electron chi connectivity index (χ1n) is 8.56. The normalized spacial score (nSPS) is 10.6. The SMILES string of the molecule is Cc1ccc(Nc2nc(N)nc(CSCC(=O)Nc3ccc(F)cc3F)n2)cc1. The standard InChI is InChI=1S/C19H18F2N6OS/c1-11-2-5-13(6-3-11)23-19-26-16(25-18(22)27-19)9-29-10-17(28)24-15-7-4-12(20)8-14(15)21/h2-8H,9-10H2,1H3,(H,24,28)(H3,22,23,25,26,27). The fraction of sp³-hybridized carbons (Fsp3) is 0.158. The van der Waals surface area contributed by atoms with Gasteiger partial charge in [-0.1, -0.05) is 17.7 Å². The predicted molar refractivity (Wildman–Crippen MR) is 110 cm³/mol. The van der Waals surface area contributed by atoms with Gasteiger partial charge in [0.1, 0.15) is 17.5 Å². The van der Waals surface area contributed by atoms with Crippen LogP contribution in [0.3, 0.4) is 0 Å². The number of amides is 1. The number of thioether (sulfide) groups is 1. The highest BCUT2D eigenvalue weighted by molar-refractivity contribution is 7.99. The number of benzene rings is 2. The Labute approximate surface area is 170 Å². The average molecular weight is 416 g/mol. The van der Waals surface area contributed by atoms with E-state index in [0.717, 1.165) is 17.3 Å². The van der Waals surface area contributed by atoms with Gasteiger partial charge in [-0.3, -0.25) is 4.79 Å². The Kier molecular flexibility index (Phi) is 6.55. The summed E-state index contributed by atoms with van der Waals surface area (Å²) in [7, 11) is 0. The molecule has 7 nitrogen and oxygen atoms in total. The fourth-order valence-corrected chi connectivity index (χ4v) is 3.01. The third kappa shape index (κ3) is 6.11. The summed E-state index contributed by atoms with van der Waals surface area (Å²) in [5, 5.41) is 5.44. The third-order valence-electron chi connectivity index (χ3n) is 3.68. The molecular formula is C19H18F2N6OS. The van der Waals surface area contributed by atoms with Crippen molar-refractivity contribution in [1.82, 2.24) is 15.0 Å². The number of halogens is 2. The lowest BCUT2D eigenvalue weighted by Crippen LogP contribution is -2.15. The van der Waals surface area contributed by atoms with Crippen LogP contribution in [-0.4, -0.2) is 26.6 Å². The molecule has 10 heteroatoms. The van der Waals surface area contributed by atoms with Crippen molar-refractivity contribution in [2.75, 3.05) is 22.1 Å². The van der Waals surface area contributed by atoms with Gasteiger partial charge in [-0.2, -0.15) is 15.0 Å². The zero-order valence-corrected chi connectivity index (χ0v) is 16.3. The molecule has 150 valence electrons. The molecule has 0 fully saturated rings. The first kappa shape index (κ1) is 20.5. The van der Waals surface area contributed by atoms with Crippen LogP contribution in [0, 0.1) is 18.6 Å². The molecule has 4 N–H and O–H groups in total. The van der Waals surface area contributed by atoms with Crippen molar-refractivity contribution in [3.05, 3.63) is 65.5 Å². The summed E-state index contributed by atoms with van der Waals surface area (Å²) < 4.78 is 26.5.